The molecule has 0 radical (unpaired) electrons. The number of anilines is 2. The fourth-order valence-electron chi connectivity index (χ4n) is 5.20. The van der Waals surface area contributed by atoms with Crippen LogP contribution in [0, 0.1) is 6.92 Å². The van der Waals surface area contributed by atoms with E-state index < -0.39 is 0 Å². The van der Waals surface area contributed by atoms with Gasteiger partial charge in [0.25, 0.3) is 0 Å². The molecule has 0 saturated carbocycles. The van der Waals surface area contributed by atoms with Gasteiger partial charge in [-0.25, -0.2) is 9.97 Å². The summed E-state index contributed by atoms with van der Waals surface area (Å²) in [6, 6.07) is 14.0. The smallest absolute Gasteiger partial charge is 0.225 e. The van der Waals surface area contributed by atoms with Crippen molar-refractivity contribution in [3.05, 3.63) is 65.0 Å². The Morgan fingerprint density at radius 1 is 0.806 bits per heavy atom. The minimum atomic E-state index is 0.0406. The summed E-state index contributed by atoms with van der Waals surface area (Å²) in [6.45, 7) is 5.30. The monoisotopic (exact) mass is 488 g/mol. The van der Waals surface area contributed by atoms with E-state index >= 15 is 0 Å². The number of methoxy groups -OCH3 is 3. The van der Waals surface area contributed by atoms with Gasteiger partial charge < -0.3 is 24.0 Å². The first-order valence-corrected chi connectivity index (χ1v) is 12.3. The van der Waals surface area contributed by atoms with Crippen LogP contribution in [0.15, 0.2) is 42.5 Å². The number of nitrogens with zero attached hydrogens (tertiary/aromatic N) is 4. The first-order valence-electron chi connectivity index (χ1n) is 12.3. The Morgan fingerprint density at radius 3 is 2.17 bits per heavy atom. The summed E-state index contributed by atoms with van der Waals surface area (Å²) >= 11 is 0. The van der Waals surface area contributed by atoms with Gasteiger partial charge in [-0.1, -0.05) is 6.07 Å². The van der Waals surface area contributed by atoms with Gasteiger partial charge in [0.15, 0.2) is 17.3 Å². The first kappa shape index (κ1) is 23.9. The van der Waals surface area contributed by atoms with Crippen molar-refractivity contribution in [3.63, 3.8) is 0 Å². The number of rotatable bonds is 6. The number of aryl methyl sites for hydroxylation is 1. The third-order valence-corrected chi connectivity index (χ3v) is 7.18. The number of ketones is 1. The second-order valence-electron chi connectivity index (χ2n) is 9.25. The molecule has 1 saturated heterocycles. The number of ether oxygens (including phenoxy) is 3. The van der Waals surface area contributed by atoms with Gasteiger partial charge in [-0.3, -0.25) is 4.79 Å². The standard InChI is InChI=1S/C28H32N4O4/c1-18-27-23(15-20(16-24(27)33)19-5-10-25(35-3)26(17-19)36-4)30-28(29-18)32-13-11-31(12-14-32)21-6-8-22(34-2)9-7-21/h5-10,17,20H,11-16H2,1-4H3. The van der Waals surface area contributed by atoms with E-state index in [0.29, 0.717) is 35.9 Å². The number of aromatic nitrogens is 2. The molecule has 1 atom stereocenters. The van der Waals surface area contributed by atoms with Crippen LogP contribution in [0.2, 0.25) is 0 Å². The van der Waals surface area contributed by atoms with Crippen molar-refractivity contribution in [2.24, 2.45) is 0 Å². The molecule has 3 aromatic rings. The predicted octanol–water partition coefficient (Wildman–Crippen LogP) is 4.05. The number of carbonyl (C=O) groups is 1. The number of hydrogen-bond acceptors (Lipinski definition) is 8. The highest BCUT2D eigenvalue weighted by Crippen LogP contribution is 2.37. The highest BCUT2D eigenvalue weighted by atomic mass is 16.5. The lowest BCUT2D eigenvalue weighted by Crippen LogP contribution is -2.47. The zero-order chi connectivity index (χ0) is 25.2. The van der Waals surface area contributed by atoms with Crippen molar-refractivity contribution in [1.29, 1.82) is 0 Å². The zero-order valence-electron chi connectivity index (χ0n) is 21.3. The van der Waals surface area contributed by atoms with E-state index in [2.05, 4.69) is 21.9 Å². The van der Waals surface area contributed by atoms with Gasteiger partial charge in [0.05, 0.1) is 38.3 Å². The number of carbonyl (C=O) groups excluding carboxylic acids is 1. The molecular formula is C28H32N4O4. The lowest BCUT2D eigenvalue weighted by Gasteiger charge is -2.36. The summed E-state index contributed by atoms with van der Waals surface area (Å²) in [5.41, 5.74) is 4.53. The molecule has 0 amide bonds. The van der Waals surface area contributed by atoms with E-state index in [4.69, 9.17) is 24.2 Å². The van der Waals surface area contributed by atoms with E-state index in [0.717, 1.165) is 48.9 Å². The maximum atomic E-state index is 13.1. The highest BCUT2D eigenvalue weighted by Gasteiger charge is 2.31. The second-order valence-corrected chi connectivity index (χ2v) is 9.25. The average Bonchev–Trinajstić information content (AvgIpc) is 2.92. The molecule has 1 aliphatic heterocycles. The van der Waals surface area contributed by atoms with Crippen molar-refractivity contribution < 1.29 is 19.0 Å². The lowest BCUT2D eigenvalue weighted by atomic mass is 9.81. The van der Waals surface area contributed by atoms with Gasteiger partial charge in [0.2, 0.25) is 5.95 Å². The molecule has 8 nitrogen and oxygen atoms in total. The third kappa shape index (κ3) is 4.55. The fraction of sp³-hybridized carbons (Fsp3) is 0.393. The van der Waals surface area contributed by atoms with Gasteiger partial charge in [0.1, 0.15) is 5.75 Å². The average molecular weight is 489 g/mol. The van der Waals surface area contributed by atoms with Crippen LogP contribution in [0.1, 0.15) is 39.6 Å². The summed E-state index contributed by atoms with van der Waals surface area (Å²) in [5, 5.41) is 0. The highest BCUT2D eigenvalue weighted by molar-refractivity contribution is 5.99. The molecule has 1 unspecified atom stereocenters. The van der Waals surface area contributed by atoms with Crippen LogP contribution in [-0.2, 0) is 6.42 Å². The molecule has 8 heteroatoms. The van der Waals surface area contributed by atoms with Crippen LogP contribution in [0.4, 0.5) is 11.6 Å². The van der Waals surface area contributed by atoms with Gasteiger partial charge in [-0.15, -0.1) is 0 Å². The molecule has 1 aromatic heterocycles. The molecule has 2 heterocycles. The van der Waals surface area contributed by atoms with E-state index in [1.807, 2.05) is 37.3 Å². The van der Waals surface area contributed by atoms with Gasteiger partial charge in [-0.2, -0.15) is 0 Å². The second kappa shape index (κ2) is 10.0. The molecule has 0 bridgehead atoms. The molecule has 0 spiro atoms. The zero-order valence-corrected chi connectivity index (χ0v) is 21.3. The van der Waals surface area contributed by atoms with Crippen LogP contribution in [0.5, 0.6) is 17.2 Å². The predicted molar refractivity (Wildman–Crippen MR) is 139 cm³/mol. The summed E-state index contributed by atoms with van der Waals surface area (Å²) in [4.78, 5) is 27.4. The van der Waals surface area contributed by atoms with Crippen molar-refractivity contribution in [3.8, 4) is 17.2 Å². The molecular weight excluding hydrogens is 456 g/mol. The molecule has 5 rings (SSSR count). The van der Waals surface area contributed by atoms with Gasteiger partial charge in [-0.05, 0) is 61.2 Å². The molecule has 2 aromatic carbocycles. The van der Waals surface area contributed by atoms with Crippen LogP contribution in [-0.4, -0.2) is 63.3 Å². The van der Waals surface area contributed by atoms with E-state index in [1.165, 1.54) is 5.69 Å². The van der Waals surface area contributed by atoms with E-state index in [9.17, 15) is 4.79 Å². The van der Waals surface area contributed by atoms with Crippen molar-refractivity contribution >= 4 is 17.4 Å². The molecule has 36 heavy (non-hydrogen) atoms. The summed E-state index contributed by atoms with van der Waals surface area (Å²) < 4.78 is 16.1. The van der Waals surface area contributed by atoms with Crippen molar-refractivity contribution in [1.82, 2.24) is 9.97 Å². The number of Topliss-reactive ketones (excluding diaryl/α,β-unsaturated/α-hetero) is 1. The minimum Gasteiger partial charge on any atom is -0.497 e. The van der Waals surface area contributed by atoms with E-state index in [-0.39, 0.29) is 11.7 Å². The Bertz CT molecular complexity index is 1250. The topological polar surface area (TPSA) is 77.0 Å². The molecule has 1 fully saturated rings. The fourth-order valence-corrected chi connectivity index (χ4v) is 5.20. The number of fused-ring (bicyclic) bond motifs is 1. The maximum absolute atomic E-state index is 13.1. The molecule has 188 valence electrons. The summed E-state index contributed by atoms with van der Waals surface area (Å²) in [7, 11) is 4.92. The quantitative estimate of drug-likeness (QED) is 0.514. The number of benzene rings is 2. The molecule has 1 aliphatic carbocycles. The normalized spacial score (nSPS) is 17.6. The first-order chi connectivity index (χ1) is 17.5. The summed E-state index contributed by atoms with van der Waals surface area (Å²) in [6.07, 6.45) is 1.13. The van der Waals surface area contributed by atoms with Crippen LogP contribution >= 0.6 is 0 Å². The Kier molecular flexibility index (Phi) is 6.67. The Balaban J connectivity index is 1.34. The van der Waals surface area contributed by atoms with Gasteiger partial charge in [0, 0.05) is 38.3 Å². The Labute approximate surface area is 211 Å². The summed E-state index contributed by atoms with van der Waals surface area (Å²) in [5.74, 6) is 3.06. The largest absolute Gasteiger partial charge is 0.497 e. The van der Waals surface area contributed by atoms with Gasteiger partial charge >= 0.3 is 0 Å². The Morgan fingerprint density at radius 2 is 1.50 bits per heavy atom. The Hall–Kier alpha value is -3.81. The van der Waals surface area contributed by atoms with Crippen molar-refractivity contribution in [2.75, 3.05) is 57.3 Å². The third-order valence-electron chi connectivity index (χ3n) is 7.18. The van der Waals surface area contributed by atoms with Crippen LogP contribution in [0.3, 0.4) is 0 Å². The van der Waals surface area contributed by atoms with Crippen molar-refractivity contribution in [2.45, 2.75) is 25.7 Å². The van der Waals surface area contributed by atoms with Crippen LogP contribution in [0.25, 0.3) is 0 Å². The van der Waals surface area contributed by atoms with E-state index in [1.54, 1.807) is 21.3 Å². The number of hydrogen-bond donors (Lipinski definition) is 0. The lowest BCUT2D eigenvalue weighted by molar-refractivity contribution is 0.0962. The van der Waals surface area contributed by atoms with Crippen LogP contribution < -0.4 is 24.0 Å². The maximum Gasteiger partial charge on any atom is 0.225 e. The minimum absolute atomic E-state index is 0.0406. The molecule has 0 N–H and O–H groups in total. The SMILES string of the molecule is COc1ccc(N2CCN(c3nc(C)c4c(n3)CC(c3ccc(OC)c(OC)c3)CC4=O)CC2)cc1. The number of piperazine rings is 1. The molecule has 2 aliphatic rings.